The Balaban J connectivity index is 1.90. The highest BCUT2D eigenvalue weighted by atomic mass is 17.2. The molecule has 4 bridgehead atoms. The minimum Gasteiger partial charge on any atom is -0.274 e. The number of hydrogen-bond donors (Lipinski definition) is 0. The fourth-order valence-corrected chi connectivity index (χ4v) is 0.929. The van der Waals surface area contributed by atoms with E-state index in [-0.39, 0.29) is 0 Å². The summed E-state index contributed by atoms with van der Waals surface area (Å²) in [6.45, 7) is -2.79. The van der Waals surface area contributed by atoms with Crippen molar-refractivity contribution in [3.05, 3.63) is 0 Å². The molecule has 0 amide bonds. The molecule has 4 heterocycles. The lowest BCUT2D eigenvalue weighted by Crippen LogP contribution is -2.59. The SMILES string of the molecule is O1C2OC3OC1OC(O2)O3. The molecule has 0 aliphatic carbocycles. The van der Waals surface area contributed by atoms with E-state index in [0.717, 1.165) is 0 Å². The second-order valence-corrected chi connectivity index (χ2v) is 1.97. The molecular formula is C4H4O6. The Morgan fingerprint density at radius 1 is 0.400 bits per heavy atom. The van der Waals surface area contributed by atoms with Crippen LogP contribution in [0, 0.1) is 0 Å². The van der Waals surface area contributed by atoms with Crippen molar-refractivity contribution < 1.29 is 28.4 Å². The lowest BCUT2D eigenvalue weighted by atomic mass is 10.8. The zero-order valence-corrected chi connectivity index (χ0v) is 4.76. The van der Waals surface area contributed by atoms with Crippen LogP contribution in [0.5, 0.6) is 0 Å². The van der Waals surface area contributed by atoms with E-state index >= 15 is 0 Å². The predicted molar refractivity (Wildman–Crippen MR) is 21.7 cm³/mol. The minimum atomic E-state index is -0.698. The normalized spacial score (nSPS) is 57.6. The van der Waals surface area contributed by atoms with Crippen LogP contribution in [0.15, 0.2) is 0 Å². The van der Waals surface area contributed by atoms with Crippen LogP contribution in [0.25, 0.3) is 0 Å². The van der Waals surface area contributed by atoms with E-state index in [1.165, 1.54) is 0 Å². The fraction of sp³-hybridized carbons (Fsp3) is 1.00. The van der Waals surface area contributed by atoms with Gasteiger partial charge in [-0.15, -0.1) is 0 Å². The Labute approximate surface area is 55.5 Å². The van der Waals surface area contributed by atoms with E-state index in [1.54, 1.807) is 0 Å². The monoisotopic (exact) mass is 148 g/mol. The average Bonchev–Trinajstić information content (AvgIpc) is 1.82. The van der Waals surface area contributed by atoms with Gasteiger partial charge in [0.2, 0.25) is 0 Å². The van der Waals surface area contributed by atoms with Gasteiger partial charge in [0.25, 0.3) is 25.9 Å². The van der Waals surface area contributed by atoms with Crippen LogP contribution in [0.3, 0.4) is 0 Å². The van der Waals surface area contributed by atoms with Crippen molar-refractivity contribution in [3.63, 3.8) is 0 Å². The summed E-state index contributed by atoms with van der Waals surface area (Å²) in [6.07, 6.45) is 0. The van der Waals surface area contributed by atoms with Gasteiger partial charge in [0.1, 0.15) is 0 Å². The molecule has 10 heavy (non-hydrogen) atoms. The topological polar surface area (TPSA) is 55.4 Å². The van der Waals surface area contributed by atoms with E-state index in [2.05, 4.69) is 0 Å². The average molecular weight is 148 g/mol. The van der Waals surface area contributed by atoms with Crippen LogP contribution in [-0.4, -0.2) is 25.9 Å². The number of hydrogen-bond acceptors (Lipinski definition) is 6. The van der Waals surface area contributed by atoms with E-state index in [9.17, 15) is 0 Å². The van der Waals surface area contributed by atoms with Crippen molar-refractivity contribution in [2.75, 3.05) is 0 Å². The van der Waals surface area contributed by atoms with Crippen LogP contribution in [-0.2, 0) is 28.4 Å². The van der Waals surface area contributed by atoms with Crippen molar-refractivity contribution >= 4 is 0 Å². The molecule has 4 saturated heterocycles. The van der Waals surface area contributed by atoms with Gasteiger partial charge in [0.05, 0.1) is 0 Å². The van der Waals surface area contributed by atoms with E-state index in [0.29, 0.717) is 0 Å². The lowest BCUT2D eigenvalue weighted by Gasteiger charge is -2.46. The molecule has 0 N–H and O–H groups in total. The summed E-state index contributed by atoms with van der Waals surface area (Å²) in [5.74, 6) is 0. The zero-order chi connectivity index (χ0) is 6.55. The summed E-state index contributed by atoms with van der Waals surface area (Å²) in [5.41, 5.74) is 0. The summed E-state index contributed by atoms with van der Waals surface area (Å²) < 4.78 is 29.1. The van der Waals surface area contributed by atoms with Crippen LogP contribution in [0.1, 0.15) is 0 Å². The van der Waals surface area contributed by atoms with Gasteiger partial charge in [-0.1, -0.05) is 0 Å². The Morgan fingerprint density at radius 3 is 0.800 bits per heavy atom. The molecule has 4 aliphatic rings. The maximum absolute atomic E-state index is 4.85. The van der Waals surface area contributed by atoms with Crippen molar-refractivity contribution in [2.45, 2.75) is 25.9 Å². The molecule has 56 valence electrons. The van der Waals surface area contributed by atoms with Gasteiger partial charge in [-0.05, 0) is 0 Å². The summed E-state index contributed by atoms with van der Waals surface area (Å²) in [4.78, 5) is 0. The van der Waals surface area contributed by atoms with E-state index in [1.807, 2.05) is 0 Å². The van der Waals surface area contributed by atoms with Gasteiger partial charge in [-0.25, -0.2) is 0 Å². The van der Waals surface area contributed by atoms with Crippen molar-refractivity contribution in [2.24, 2.45) is 0 Å². The molecule has 0 aromatic rings. The van der Waals surface area contributed by atoms with E-state index in [4.69, 9.17) is 28.4 Å². The number of rotatable bonds is 0. The Kier molecular flexibility index (Phi) is 0.906. The van der Waals surface area contributed by atoms with Gasteiger partial charge in [0, 0.05) is 0 Å². The van der Waals surface area contributed by atoms with Crippen LogP contribution < -0.4 is 0 Å². The summed E-state index contributed by atoms with van der Waals surface area (Å²) in [6, 6.07) is 0. The van der Waals surface area contributed by atoms with Crippen LogP contribution in [0.4, 0.5) is 0 Å². The highest BCUT2D eigenvalue weighted by Gasteiger charge is 2.48. The third kappa shape index (κ3) is 0.628. The molecule has 0 unspecified atom stereocenters. The lowest BCUT2D eigenvalue weighted by molar-refractivity contribution is -0.674. The second kappa shape index (κ2) is 1.67. The summed E-state index contributed by atoms with van der Waals surface area (Å²) >= 11 is 0. The first-order valence-electron chi connectivity index (χ1n) is 2.83. The first kappa shape index (κ1) is 5.42. The molecule has 0 spiro atoms. The van der Waals surface area contributed by atoms with Gasteiger partial charge in [-0.2, -0.15) is 0 Å². The van der Waals surface area contributed by atoms with E-state index < -0.39 is 25.9 Å². The van der Waals surface area contributed by atoms with Crippen LogP contribution >= 0.6 is 0 Å². The highest BCUT2D eigenvalue weighted by Crippen LogP contribution is 2.32. The van der Waals surface area contributed by atoms with Crippen molar-refractivity contribution in [3.8, 4) is 0 Å². The largest absolute Gasteiger partial charge is 0.283 e. The molecular weight excluding hydrogens is 144 g/mol. The quantitative estimate of drug-likeness (QED) is 0.451. The molecule has 6 nitrogen and oxygen atoms in total. The maximum atomic E-state index is 4.85. The predicted octanol–water partition coefficient (Wildman–Crippen LogP) is -0.739. The zero-order valence-electron chi connectivity index (χ0n) is 4.76. The van der Waals surface area contributed by atoms with Gasteiger partial charge < -0.3 is 0 Å². The molecule has 4 fully saturated rings. The van der Waals surface area contributed by atoms with Gasteiger partial charge >= 0.3 is 0 Å². The van der Waals surface area contributed by atoms with Crippen LogP contribution in [0.2, 0.25) is 0 Å². The molecule has 4 rings (SSSR count). The fourth-order valence-electron chi connectivity index (χ4n) is 0.929. The van der Waals surface area contributed by atoms with Crippen molar-refractivity contribution in [1.82, 2.24) is 0 Å². The Hall–Kier alpha value is -0.240. The smallest absolute Gasteiger partial charge is 0.274 e. The minimum absolute atomic E-state index is 0.698. The third-order valence-electron chi connectivity index (χ3n) is 1.33. The molecule has 0 aromatic carbocycles. The molecule has 0 aromatic heterocycles. The summed E-state index contributed by atoms with van der Waals surface area (Å²) in [5, 5.41) is 0. The highest BCUT2D eigenvalue weighted by molar-refractivity contribution is 4.50. The molecule has 0 atom stereocenters. The molecule has 0 radical (unpaired) electrons. The third-order valence-corrected chi connectivity index (χ3v) is 1.33. The summed E-state index contributed by atoms with van der Waals surface area (Å²) in [7, 11) is 0. The Bertz CT molecular complexity index is 101. The van der Waals surface area contributed by atoms with Gasteiger partial charge in [-0.3, -0.25) is 28.4 Å². The maximum Gasteiger partial charge on any atom is 0.283 e. The number of ether oxygens (including phenoxy) is 6. The first-order valence-corrected chi connectivity index (χ1v) is 2.83. The molecule has 0 saturated carbocycles. The Morgan fingerprint density at radius 2 is 0.600 bits per heavy atom. The van der Waals surface area contributed by atoms with Crippen molar-refractivity contribution in [1.29, 1.82) is 0 Å². The van der Waals surface area contributed by atoms with Gasteiger partial charge in [0.15, 0.2) is 0 Å². The molecule has 6 heteroatoms. The first-order chi connectivity index (χ1) is 4.90. The standard InChI is InChI=1S/C4H4O6/c5-1-6-3-8-2(5)9-4(7-1)10-3/h1-4H. The molecule has 4 aliphatic heterocycles. The second-order valence-electron chi connectivity index (χ2n) is 1.97.